The number of aromatic nitrogens is 1. The van der Waals surface area contributed by atoms with Gasteiger partial charge in [0.1, 0.15) is 5.82 Å². The fraction of sp³-hybridized carbons (Fsp3) is 0.0952. The molecule has 124 valence electrons. The summed E-state index contributed by atoms with van der Waals surface area (Å²) in [5.74, 6) is -0.349. The Bertz CT molecular complexity index is 1010. The van der Waals surface area contributed by atoms with E-state index in [0.717, 1.165) is 27.1 Å². The van der Waals surface area contributed by atoms with Crippen LogP contribution in [0, 0.1) is 31.0 Å². The van der Waals surface area contributed by atoms with Crippen LogP contribution in [0.3, 0.4) is 0 Å². The number of allylic oxidation sites excluding steroid dienone is 1. The van der Waals surface area contributed by atoms with Crippen molar-refractivity contribution in [3.8, 4) is 11.8 Å². The predicted molar refractivity (Wildman–Crippen MR) is 103 cm³/mol. The Morgan fingerprint density at radius 3 is 2.56 bits per heavy atom. The lowest BCUT2D eigenvalue weighted by Gasteiger charge is -2.10. The quantitative estimate of drug-likeness (QED) is 0.496. The second-order valence-electron chi connectivity index (χ2n) is 5.82. The molecule has 1 heterocycles. The SMILES string of the molecule is Cc1cc(/C=C(/C#N)c2cccc(F)c2)c(C)n1-c1cccc(Br)c1. The molecule has 25 heavy (non-hydrogen) atoms. The standard InChI is InChI=1S/C21H16BrFN2/c1-14-9-17(10-18(13-24)16-5-3-7-20(23)11-16)15(2)25(14)21-8-4-6-19(22)12-21/h3-12H,1-2H3/b18-10-. The molecule has 0 atom stereocenters. The molecule has 0 aliphatic carbocycles. The van der Waals surface area contributed by atoms with Gasteiger partial charge in [-0.2, -0.15) is 5.26 Å². The van der Waals surface area contributed by atoms with Gasteiger partial charge in [0, 0.05) is 21.5 Å². The molecule has 0 bridgehead atoms. The number of nitriles is 1. The average molecular weight is 395 g/mol. The molecule has 0 saturated heterocycles. The fourth-order valence-corrected chi connectivity index (χ4v) is 3.33. The van der Waals surface area contributed by atoms with Crippen molar-refractivity contribution < 1.29 is 4.39 Å². The summed E-state index contributed by atoms with van der Waals surface area (Å²) in [6.45, 7) is 4.04. The Morgan fingerprint density at radius 1 is 1.12 bits per heavy atom. The van der Waals surface area contributed by atoms with E-state index in [2.05, 4.69) is 26.6 Å². The first kappa shape index (κ1) is 17.2. The minimum Gasteiger partial charge on any atom is -0.318 e. The molecular weight excluding hydrogens is 379 g/mol. The van der Waals surface area contributed by atoms with E-state index in [4.69, 9.17) is 0 Å². The molecule has 4 heteroatoms. The third-order valence-corrected chi connectivity index (χ3v) is 4.59. The minimum absolute atomic E-state index is 0.349. The molecule has 0 radical (unpaired) electrons. The number of rotatable bonds is 3. The van der Waals surface area contributed by atoms with Crippen LogP contribution in [0.4, 0.5) is 4.39 Å². The van der Waals surface area contributed by atoms with Gasteiger partial charge in [0.05, 0.1) is 11.6 Å². The number of aryl methyl sites for hydroxylation is 1. The van der Waals surface area contributed by atoms with Gasteiger partial charge >= 0.3 is 0 Å². The van der Waals surface area contributed by atoms with Crippen molar-refractivity contribution >= 4 is 27.6 Å². The maximum absolute atomic E-state index is 13.5. The summed E-state index contributed by atoms with van der Waals surface area (Å²) in [7, 11) is 0. The summed E-state index contributed by atoms with van der Waals surface area (Å²) in [6, 6.07) is 18.4. The maximum atomic E-state index is 13.5. The molecule has 0 amide bonds. The van der Waals surface area contributed by atoms with Crippen molar-refractivity contribution in [2.24, 2.45) is 0 Å². The topological polar surface area (TPSA) is 28.7 Å². The van der Waals surface area contributed by atoms with Crippen LogP contribution in [-0.2, 0) is 0 Å². The lowest BCUT2D eigenvalue weighted by molar-refractivity contribution is 0.627. The Balaban J connectivity index is 2.10. The van der Waals surface area contributed by atoms with E-state index in [9.17, 15) is 9.65 Å². The van der Waals surface area contributed by atoms with Crippen LogP contribution in [0.5, 0.6) is 0 Å². The summed E-state index contributed by atoms with van der Waals surface area (Å²) in [5, 5.41) is 9.50. The molecule has 0 fully saturated rings. The molecule has 3 rings (SSSR count). The van der Waals surface area contributed by atoms with Gasteiger partial charge in [-0.25, -0.2) is 4.39 Å². The summed E-state index contributed by atoms with van der Waals surface area (Å²) < 4.78 is 16.6. The highest BCUT2D eigenvalue weighted by Gasteiger charge is 2.11. The second-order valence-corrected chi connectivity index (χ2v) is 6.74. The lowest BCUT2D eigenvalue weighted by Crippen LogP contribution is -1.98. The van der Waals surface area contributed by atoms with Crippen LogP contribution in [0.1, 0.15) is 22.5 Å². The van der Waals surface area contributed by atoms with E-state index in [-0.39, 0.29) is 5.82 Å². The molecule has 3 aromatic rings. The maximum Gasteiger partial charge on any atom is 0.123 e. The Hall–Kier alpha value is -2.64. The summed E-state index contributed by atoms with van der Waals surface area (Å²) in [4.78, 5) is 0. The van der Waals surface area contributed by atoms with Crippen LogP contribution in [0.2, 0.25) is 0 Å². The highest BCUT2D eigenvalue weighted by molar-refractivity contribution is 9.10. The van der Waals surface area contributed by atoms with Gasteiger partial charge in [0.15, 0.2) is 0 Å². The van der Waals surface area contributed by atoms with Crippen molar-refractivity contribution in [2.45, 2.75) is 13.8 Å². The smallest absolute Gasteiger partial charge is 0.123 e. The Morgan fingerprint density at radius 2 is 1.88 bits per heavy atom. The molecule has 0 saturated carbocycles. The first-order chi connectivity index (χ1) is 12.0. The van der Waals surface area contributed by atoms with Crippen LogP contribution >= 0.6 is 15.9 Å². The highest BCUT2D eigenvalue weighted by atomic mass is 79.9. The zero-order chi connectivity index (χ0) is 18.0. The normalized spacial score (nSPS) is 11.4. The highest BCUT2D eigenvalue weighted by Crippen LogP contribution is 2.26. The van der Waals surface area contributed by atoms with Crippen molar-refractivity contribution in [1.82, 2.24) is 4.57 Å². The molecule has 2 aromatic carbocycles. The van der Waals surface area contributed by atoms with Crippen LogP contribution in [-0.4, -0.2) is 4.57 Å². The van der Waals surface area contributed by atoms with E-state index in [1.807, 2.05) is 50.3 Å². The van der Waals surface area contributed by atoms with E-state index < -0.39 is 0 Å². The van der Waals surface area contributed by atoms with Gasteiger partial charge in [0.2, 0.25) is 0 Å². The van der Waals surface area contributed by atoms with Gasteiger partial charge in [0.25, 0.3) is 0 Å². The van der Waals surface area contributed by atoms with Crippen LogP contribution in [0.15, 0.2) is 59.1 Å². The minimum atomic E-state index is -0.349. The predicted octanol–water partition coefficient (Wildman–Crippen LogP) is 6.06. The zero-order valence-electron chi connectivity index (χ0n) is 13.9. The van der Waals surface area contributed by atoms with Crippen LogP contribution in [0.25, 0.3) is 17.3 Å². The average Bonchev–Trinajstić information content (AvgIpc) is 2.86. The van der Waals surface area contributed by atoms with Gasteiger partial charge in [-0.05, 0) is 67.4 Å². The third-order valence-electron chi connectivity index (χ3n) is 4.09. The van der Waals surface area contributed by atoms with Gasteiger partial charge < -0.3 is 4.57 Å². The van der Waals surface area contributed by atoms with Crippen LogP contribution < -0.4 is 0 Å². The molecule has 0 aliphatic rings. The van der Waals surface area contributed by atoms with Crippen molar-refractivity contribution in [3.63, 3.8) is 0 Å². The number of nitrogens with zero attached hydrogens (tertiary/aromatic N) is 2. The zero-order valence-corrected chi connectivity index (χ0v) is 15.5. The monoisotopic (exact) mass is 394 g/mol. The number of hydrogen-bond donors (Lipinski definition) is 0. The van der Waals surface area contributed by atoms with Gasteiger partial charge in [-0.15, -0.1) is 0 Å². The van der Waals surface area contributed by atoms with Crippen molar-refractivity contribution in [2.75, 3.05) is 0 Å². The summed E-state index contributed by atoms with van der Waals surface area (Å²) in [5.41, 5.74) is 5.11. The van der Waals surface area contributed by atoms with Crippen molar-refractivity contribution in [1.29, 1.82) is 5.26 Å². The third kappa shape index (κ3) is 3.57. The summed E-state index contributed by atoms with van der Waals surface area (Å²) in [6.07, 6.45) is 1.81. The van der Waals surface area contributed by atoms with Gasteiger partial charge in [-0.3, -0.25) is 0 Å². The number of hydrogen-bond acceptors (Lipinski definition) is 1. The molecular formula is C21H16BrFN2. The molecule has 0 aliphatic heterocycles. The van der Waals surface area contributed by atoms with E-state index >= 15 is 0 Å². The first-order valence-electron chi connectivity index (χ1n) is 7.82. The largest absolute Gasteiger partial charge is 0.318 e. The molecule has 2 nitrogen and oxygen atoms in total. The number of halogens is 2. The van der Waals surface area contributed by atoms with E-state index in [1.54, 1.807) is 12.1 Å². The molecule has 0 spiro atoms. The molecule has 1 aromatic heterocycles. The fourth-order valence-electron chi connectivity index (χ4n) is 2.94. The summed E-state index contributed by atoms with van der Waals surface area (Å²) >= 11 is 3.50. The van der Waals surface area contributed by atoms with Crippen molar-refractivity contribution in [3.05, 3.63) is 87.4 Å². The lowest BCUT2D eigenvalue weighted by atomic mass is 10.0. The number of benzene rings is 2. The second kappa shape index (κ2) is 7.08. The van der Waals surface area contributed by atoms with Gasteiger partial charge in [-0.1, -0.05) is 34.1 Å². The van der Waals surface area contributed by atoms with E-state index in [0.29, 0.717) is 11.1 Å². The first-order valence-corrected chi connectivity index (χ1v) is 8.61. The Labute approximate surface area is 155 Å². The molecule has 0 unspecified atom stereocenters. The van der Waals surface area contributed by atoms with E-state index in [1.165, 1.54) is 12.1 Å². The Kier molecular flexibility index (Phi) is 4.87. The molecule has 0 N–H and O–H groups in total.